The van der Waals surface area contributed by atoms with Gasteiger partial charge in [-0.1, -0.05) is 97.6 Å². The lowest BCUT2D eigenvalue weighted by Crippen LogP contribution is -2.55. The van der Waals surface area contributed by atoms with Crippen LogP contribution in [0.2, 0.25) is 0 Å². The van der Waals surface area contributed by atoms with E-state index in [9.17, 15) is 60.0 Å². The number of methoxy groups -OCH3 is 4. The number of ketones is 4. The molecule has 0 bridgehead atoms. The number of nitrogens with one attached hydrogen (secondary N) is 5. The van der Waals surface area contributed by atoms with Crippen molar-refractivity contribution in [3.05, 3.63) is 107 Å². The fourth-order valence-corrected chi connectivity index (χ4v) is 22.2. The fraction of sp³-hybridized carbons (Fsp3) is 0.636. The van der Waals surface area contributed by atoms with Gasteiger partial charge in [-0.15, -0.1) is 0 Å². The van der Waals surface area contributed by atoms with Gasteiger partial charge in [0.15, 0.2) is 47.8 Å². The first-order valence-electron chi connectivity index (χ1n) is 47.8. The minimum Gasteiger partial charge on any atom is -0.493 e. The summed E-state index contributed by atoms with van der Waals surface area (Å²) in [7, 11) is 0.0729. The summed E-state index contributed by atoms with van der Waals surface area (Å²) < 4.78 is 92.6. The Morgan fingerprint density at radius 1 is 0.504 bits per heavy atom. The number of likely N-dealkylation sites (tertiary alicyclic amines) is 4. The Bertz CT molecular complexity index is 4970. The molecule has 10 rings (SSSR count). The predicted molar refractivity (Wildman–Crippen MR) is 502 cm³/mol. The maximum atomic E-state index is 15.8. The van der Waals surface area contributed by atoms with E-state index >= 15 is 14.4 Å². The van der Waals surface area contributed by atoms with Gasteiger partial charge in [0.1, 0.15) is 23.6 Å². The van der Waals surface area contributed by atoms with Gasteiger partial charge < -0.3 is 58.7 Å². The second-order valence-electron chi connectivity index (χ2n) is 37.9. The third-order valence-electron chi connectivity index (χ3n) is 28.0. The van der Waals surface area contributed by atoms with Crippen LogP contribution in [0.15, 0.2) is 78.9 Å². The highest BCUT2D eigenvalue weighted by atomic mass is 32.2. The molecule has 6 aliphatic rings. The molecular weight excluding hydrogens is 1750 g/mol. The summed E-state index contributed by atoms with van der Waals surface area (Å²) in [6.07, 6.45) is 13.1. The van der Waals surface area contributed by atoms with Crippen molar-refractivity contribution >= 4 is 90.4 Å². The van der Waals surface area contributed by atoms with Crippen LogP contribution in [0, 0.1) is 10.8 Å². The maximum absolute atomic E-state index is 15.8. The van der Waals surface area contributed by atoms with Crippen molar-refractivity contribution in [2.75, 3.05) is 114 Å². The molecule has 5 N–H and O–H groups in total. The highest BCUT2D eigenvalue weighted by Crippen LogP contribution is 2.42. The van der Waals surface area contributed by atoms with E-state index < -0.39 is 143 Å². The first kappa shape index (κ1) is 105. The Labute approximate surface area is 785 Å². The molecule has 6 aliphatic heterocycles. The second-order valence-corrected chi connectivity index (χ2v) is 42.1. The van der Waals surface area contributed by atoms with Gasteiger partial charge >= 0.3 is 0 Å². The van der Waals surface area contributed by atoms with Gasteiger partial charge in [-0.3, -0.25) is 68.2 Å². The molecule has 0 spiro atoms. The summed E-state index contributed by atoms with van der Waals surface area (Å²) >= 11 is 0. The van der Waals surface area contributed by atoms with Crippen molar-refractivity contribution in [3.8, 4) is 34.5 Å². The number of carbonyl (C=O) groups excluding carboxylic acids is 12. The first-order chi connectivity index (χ1) is 63.5. The largest absolute Gasteiger partial charge is 0.493 e. The summed E-state index contributed by atoms with van der Waals surface area (Å²) in [5, 5.41) is 9.17. The molecule has 34 heteroatoms. The van der Waals surface area contributed by atoms with Gasteiger partial charge in [-0.2, -0.15) is 4.31 Å². The monoisotopic (exact) mass is 1890 g/mol. The summed E-state index contributed by atoms with van der Waals surface area (Å²) in [5.41, 5.74) is 1.74. The normalized spacial score (nSPS) is 19.8. The molecule has 6 heterocycles. The zero-order chi connectivity index (χ0) is 96.3. The molecule has 6 fully saturated rings. The Morgan fingerprint density at radius 3 is 1.52 bits per heavy atom. The molecule has 4 aromatic carbocycles. The topological polar surface area (TPSA) is 405 Å². The zero-order valence-corrected chi connectivity index (χ0v) is 81.4. The number of hydrogen-bond acceptors (Lipinski definition) is 24. The third-order valence-corrected chi connectivity index (χ3v) is 32.4. The number of sulfonamides is 2. The van der Waals surface area contributed by atoms with E-state index in [4.69, 9.17) is 28.4 Å². The van der Waals surface area contributed by atoms with Crippen LogP contribution in [0.4, 0.5) is 0 Å². The van der Waals surface area contributed by atoms with Crippen LogP contribution in [-0.4, -0.2) is 260 Å². The lowest BCUT2D eigenvalue weighted by Gasteiger charge is -2.40. The highest BCUT2D eigenvalue weighted by molar-refractivity contribution is 7.90. The molecule has 8 amide bonds. The smallest absolute Gasteiger partial charge is 0.291 e. The molecule has 32 nitrogen and oxygen atoms in total. The average Bonchev–Trinajstić information content (AvgIpc) is 0.783. The number of imide groups is 2. The molecule has 0 aliphatic carbocycles. The Hall–Kier alpha value is -9.74. The molecule has 0 aromatic heterocycles. The molecule has 6 saturated heterocycles. The summed E-state index contributed by atoms with van der Waals surface area (Å²) in [4.78, 5) is 173. The van der Waals surface area contributed by atoms with Crippen molar-refractivity contribution in [3.63, 3.8) is 0 Å². The minimum absolute atomic E-state index is 0.0651. The fourth-order valence-electron chi connectivity index (χ4n) is 18.7. The van der Waals surface area contributed by atoms with Crippen molar-refractivity contribution in [2.24, 2.45) is 10.8 Å². The van der Waals surface area contributed by atoms with Crippen LogP contribution in [0.25, 0.3) is 0 Å². The van der Waals surface area contributed by atoms with Gasteiger partial charge in [-0.25, -0.2) is 21.6 Å². The number of carbonyl (C=O) groups is 12. The number of Topliss-reactive ketones (excluding diaryl/α,β-unsaturated/α-hetero) is 4. The Balaban J connectivity index is 0.846. The Morgan fingerprint density at radius 2 is 0.992 bits per heavy atom. The van der Waals surface area contributed by atoms with Crippen molar-refractivity contribution in [1.82, 2.24) is 49.9 Å². The third kappa shape index (κ3) is 29.4. The lowest BCUT2D eigenvalue weighted by molar-refractivity contribution is -0.153. The first-order valence-corrected chi connectivity index (χ1v) is 50.9. The number of ether oxygens (including phenoxy) is 6. The van der Waals surface area contributed by atoms with Crippen LogP contribution < -0.4 is 54.4 Å². The number of aryl methyl sites for hydroxylation is 2. The molecule has 0 saturated carbocycles. The average molecular weight is 1890 g/mol. The van der Waals surface area contributed by atoms with Crippen molar-refractivity contribution < 1.29 is 103 Å². The van der Waals surface area contributed by atoms with E-state index in [2.05, 4.69) is 35.8 Å². The Kier molecular flexibility index (Phi) is 39.3. The maximum Gasteiger partial charge on any atom is 0.291 e. The molecule has 732 valence electrons. The van der Waals surface area contributed by atoms with Crippen molar-refractivity contribution in [2.45, 2.75) is 280 Å². The van der Waals surface area contributed by atoms with E-state index in [1.807, 2.05) is 86.6 Å². The number of unbranched alkanes of at least 4 members (excludes halogenated alkanes) is 6. The quantitative estimate of drug-likeness (QED) is 0.0156. The number of benzene rings is 4. The van der Waals surface area contributed by atoms with Gasteiger partial charge in [0.2, 0.25) is 55.2 Å². The summed E-state index contributed by atoms with van der Waals surface area (Å²) in [5.74, 6) is -4.82. The summed E-state index contributed by atoms with van der Waals surface area (Å²) in [6.45, 7) is 14.8. The van der Waals surface area contributed by atoms with E-state index in [0.717, 1.165) is 79.0 Å². The number of likely N-dealkylation sites (N-methyl/N-ethyl adjacent to an activating group) is 1. The SMILES string of the molecule is CCC(C)(C)C(=O)C(=O)N1CCCCC1C(=O)C[C@H](CCc1ccc(OC)c(OC)c1)c1cc(OCC(=O)NCCCCCCN2CCC(S(=O)(=O)N(C)C3CCC(=O)NC3=O)CC2)cc(C2CCC(C(=O)C[C@H](CCc3ccc(OC)c(OC)c3)c3cccc(OCC(=O)NCCCCCCN4CCC(S(=O)(=O)NC5CCC(=O)NC5=O)CC4)c3)N(C(=O)C(=O)C(C)(C)CC)C2)c1. The highest BCUT2D eigenvalue weighted by Gasteiger charge is 2.46. The van der Waals surface area contributed by atoms with Crippen LogP contribution in [0.1, 0.15) is 260 Å². The van der Waals surface area contributed by atoms with Crippen LogP contribution in [0.3, 0.4) is 0 Å². The molecular formula is C99H142N10O22S2. The van der Waals surface area contributed by atoms with Crippen molar-refractivity contribution in [1.29, 1.82) is 0 Å². The van der Waals surface area contributed by atoms with E-state index in [1.165, 1.54) is 16.8 Å². The number of piperidine rings is 6. The number of hydrogen-bond donors (Lipinski definition) is 5. The molecule has 5 unspecified atom stereocenters. The predicted octanol–water partition coefficient (Wildman–Crippen LogP) is 10.1. The number of rotatable bonds is 51. The van der Waals surface area contributed by atoms with Crippen LogP contribution in [0.5, 0.6) is 34.5 Å². The van der Waals surface area contributed by atoms with Gasteiger partial charge in [0, 0.05) is 75.7 Å². The molecule has 0 radical (unpaired) electrons. The second kappa shape index (κ2) is 49.7. The zero-order valence-electron chi connectivity index (χ0n) is 79.7. The lowest BCUT2D eigenvalue weighted by atomic mass is 9.79. The van der Waals surface area contributed by atoms with Crippen LogP contribution in [-0.2, 0) is 90.4 Å². The van der Waals surface area contributed by atoms with Crippen LogP contribution >= 0.6 is 0 Å². The number of amides is 8. The molecule has 7 atom stereocenters. The number of nitrogens with zero attached hydrogens (tertiary/aromatic N) is 5. The standard InChI is InChI=1S/C99H142N10O22S2/c1-12-98(3,4)92(116)96(120)108-50-23-18-27-79(108)82(110)62-70(33-29-67-31-39-85(127-9)87(56-67)129-11)72-57-73(60-75(59-72)131-65-91(115)101-47-20-15-17-22-49-107-53-44-77(45-54-107)133(124,125)105(7)81-37-41-89(113)103-95(81)119)71-34-36-80(109(63-71)97(121)93(117)99(5,6)13-2)83(111)61-69(32-28-66-30-38-84(126-8)86(55-66)128-10)68-25-24-26-74(58-68)130-64-90(114)100-46-19-14-16-21-48-106-51-42-76(43-52-106)132(122,123)104-78-35-40-88(112)102-94(78)118/h24-26,30-31,38-39,55-60,69-71,76-81,104H,12-23,27-29,32-37,40-54,61-65H2,1-11H3,(H,100,114)(H,101,115)(H,102,112,118)(H,103,113,119)/t69-,70-,71?,78?,79?,80?,81?/m0/s1. The minimum atomic E-state index is -3.79. The molecule has 133 heavy (non-hydrogen) atoms. The van der Waals surface area contributed by atoms with Gasteiger partial charge in [0.25, 0.3) is 23.6 Å². The molecule has 4 aromatic rings. The van der Waals surface area contributed by atoms with E-state index in [0.29, 0.717) is 175 Å². The van der Waals surface area contributed by atoms with Gasteiger partial charge in [0.05, 0.1) is 51.0 Å². The van der Waals surface area contributed by atoms with Gasteiger partial charge in [-0.05, 0) is 262 Å². The summed E-state index contributed by atoms with van der Waals surface area (Å²) in [6, 6.07) is 20.3. The van der Waals surface area contributed by atoms with E-state index in [-0.39, 0.29) is 87.9 Å². The van der Waals surface area contributed by atoms with E-state index in [1.54, 1.807) is 62.2 Å².